The van der Waals surface area contributed by atoms with Crippen molar-refractivity contribution in [3.05, 3.63) is 62.9 Å². The molecule has 2 rings (SSSR count). The maximum atomic E-state index is 12.1. The van der Waals surface area contributed by atoms with Crippen LogP contribution in [-0.4, -0.2) is 18.9 Å². The Morgan fingerprint density at radius 3 is 2.33 bits per heavy atom. The number of ether oxygens (including phenoxy) is 1. The molecule has 4 heteroatoms. The third-order valence-electron chi connectivity index (χ3n) is 3.07. The highest BCUT2D eigenvalue weighted by Crippen LogP contribution is 2.21. The third-order valence-corrected chi connectivity index (χ3v) is 4.03. The minimum Gasteiger partial charge on any atom is -0.465 e. The van der Waals surface area contributed by atoms with Gasteiger partial charge in [0.2, 0.25) is 0 Å². The van der Waals surface area contributed by atoms with Crippen LogP contribution in [-0.2, 0) is 4.74 Å². The molecule has 0 bridgehead atoms. The average Bonchev–Trinajstić information content (AvgIpc) is 2.83. The van der Waals surface area contributed by atoms with Gasteiger partial charge in [0.15, 0.2) is 5.78 Å². The van der Waals surface area contributed by atoms with E-state index in [1.165, 1.54) is 7.11 Å². The highest BCUT2D eigenvalue weighted by atomic mass is 32.1. The van der Waals surface area contributed by atoms with Gasteiger partial charge in [0.05, 0.1) is 12.7 Å². The molecule has 1 aromatic carbocycles. The van der Waals surface area contributed by atoms with Crippen molar-refractivity contribution in [2.75, 3.05) is 7.11 Å². The summed E-state index contributed by atoms with van der Waals surface area (Å²) < 4.78 is 4.64. The number of ketones is 1. The van der Waals surface area contributed by atoms with Crippen molar-refractivity contribution < 1.29 is 14.3 Å². The molecule has 0 amide bonds. The number of rotatable bonds is 4. The number of benzene rings is 1. The van der Waals surface area contributed by atoms with Gasteiger partial charge < -0.3 is 4.74 Å². The van der Waals surface area contributed by atoms with Crippen LogP contribution in [0.5, 0.6) is 0 Å². The van der Waals surface area contributed by atoms with Gasteiger partial charge in [-0.25, -0.2) is 4.79 Å². The number of esters is 1. The molecule has 0 fully saturated rings. The molecule has 0 aliphatic heterocycles. The van der Waals surface area contributed by atoms with Crippen molar-refractivity contribution in [3.8, 4) is 0 Å². The fraction of sp³-hybridized carbons (Fsp3) is 0.176. The van der Waals surface area contributed by atoms with Crippen LogP contribution in [0.2, 0.25) is 0 Å². The van der Waals surface area contributed by atoms with Gasteiger partial charge in [0.1, 0.15) is 0 Å². The van der Waals surface area contributed by atoms with Crippen LogP contribution in [0.25, 0.3) is 6.08 Å². The molecule has 0 saturated heterocycles. The summed E-state index contributed by atoms with van der Waals surface area (Å²) in [6.07, 6.45) is 3.30. The van der Waals surface area contributed by atoms with Gasteiger partial charge in [0.25, 0.3) is 0 Å². The highest BCUT2D eigenvalue weighted by molar-refractivity contribution is 7.12. The second kappa shape index (κ2) is 6.50. The van der Waals surface area contributed by atoms with Crippen LogP contribution in [0.15, 0.2) is 36.4 Å². The predicted octanol–water partition coefficient (Wildman–Crippen LogP) is 4.05. The van der Waals surface area contributed by atoms with E-state index in [1.54, 1.807) is 47.8 Å². The zero-order chi connectivity index (χ0) is 15.4. The van der Waals surface area contributed by atoms with Crippen molar-refractivity contribution in [1.82, 2.24) is 0 Å². The average molecular weight is 300 g/mol. The van der Waals surface area contributed by atoms with Crippen LogP contribution in [0.4, 0.5) is 0 Å². The monoisotopic (exact) mass is 300 g/mol. The molecule has 1 aromatic heterocycles. The van der Waals surface area contributed by atoms with Gasteiger partial charge in [0, 0.05) is 15.3 Å². The van der Waals surface area contributed by atoms with Gasteiger partial charge >= 0.3 is 5.97 Å². The third kappa shape index (κ3) is 3.67. The number of hydrogen-bond acceptors (Lipinski definition) is 4. The number of methoxy groups -OCH3 is 1. The van der Waals surface area contributed by atoms with Gasteiger partial charge in [-0.2, -0.15) is 0 Å². The summed E-state index contributed by atoms with van der Waals surface area (Å²) >= 11 is 1.62. The van der Waals surface area contributed by atoms with Gasteiger partial charge in [-0.1, -0.05) is 18.2 Å². The molecule has 108 valence electrons. The molecule has 0 N–H and O–H groups in total. The van der Waals surface area contributed by atoms with Crippen LogP contribution in [0.3, 0.4) is 0 Å². The number of thiophene rings is 1. The van der Waals surface area contributed by atoms with Crippen molar-refractivity contribution in [2.45, 2.75) is 13.8 Å². The quantitative estimate of drug-likeness (QED) is 0.486. The summed E-state index contributed by atoms with van der Waals surface area (Å²) in [6.45, 7) is 3.94. The molecule has 2 aromatic rings. The zero-order valence-corrected chi connectivity index (χ0v) is 13.0. The molecule has 0 spiro atoms. The van der Waals surface area contributed by atoms with Crippen LogP contribution in [0.1, 0.15) is 36.0 Å². The lowest BCUT2D eigenvalue weighted by atomic mass is 10.1. The van der Waals surface area contributed by atoms with E-state index < -0.39 is 0 Å². The number of allylic oxidation sites excluding steroid dienone is 1. The molecule has 0 saturated carbocycles. The van der Waals surface area contributed by atoms with Gasteiger partial charge in [-0.05, 0) is 43.7 Å². The van der Waals surface area contributed by atoms with Crippen LogP contribution >= 0.6 is 11.3 Å². The summed E-state index contributed by atoms with van der Waals surface area (Å²) in [5.41, 5.74) is 2.10. The standard InChI is InChI=1S/C17H16O3S/c1-11-10-15(12(2)21-11)16(18)9-6-13-4-7-14(8-5-13)17(19)20-3/h4-10H,1-3H3/b9-6+. The maximum Gasteiger partial charge on any atom is 0.337 e. The lowest BCUT2D eigenvalue weighted by Gasteiger charge is -1.99. The van der Waals surface area contributed by atoms with E-state index >= 15 is 0 Å². The van der Waals surface area contributed by atoms with Gasteiger partial charge in [-0.3, -0.25) is 4.79 Å². The molecule has 3 nitrogen and oxygen atoms in total. The Bertz CT molecular complexity index is 693. The summed E-state index contributed by atoms with van der Waals surface area (Å²) in [5, 5.41) is 0. The first-order valence-corrected chi connectivity index (χ1v) is 7.30. The van der Waals surface area contributed by atoms with E-state index in [0.29, 0.717) is 5.56 Å². The number of carbonyl (C=O) groups is 2. The Balaban J connectivity index is 2.12. The van der Waals surface area contributed by atoms with Crippen molar-refractivity contribution >= 4 is 29.2 Å². The molecule has 1 heterocycles. The smallest absolute Gasteiger partial charge is 0.337 e. The highest BCUT2D eigenvalue weighted by Gasteiger charge is 2.09. The van der Waals surface area contributed by atoms with E-state index in [4.69, 9.17) is 0 Å². The minimum absolute atomic E-state index is 0.00565. The Hall–Kier alpha value is -2.20. The van der Waals surface area contributed by atoms with E-state index in [-0.39, 0.29) is 11.8 Å². The second-order valence-corrected chi connectivity index (χ2v) is 6.10. The van der Waals surface area contributed by atoms with Crippen LogP contribution < -0.4 is 0 Å². The summed E-state index contributed by atoms with van der Waals surface area (Å²) in [5.74, 6) is -0.375. The van der Waals surface area contributed by atoms with Crippen molar-refractivity contribution in [2.24, 2.45) is 0 Å². The Labute approximate surface area is 127 Å². The normalized spacial score (nSPS) is 10.8. The molecule has 0 aliphatic carbocycles. The largest absolute Gasteiger partial charge is 0.465 e. The first-order chi connectivity index (χ1) is 10.0. The second-order valence-electron chi connectivity index (χ2n) is 4.64. The number of aryl methyl sites for hydroxylation is 2. The first kappa shape index (κ1) is 15.2. The van der Waals surface area contributed by atoms with E-state index in [2.05, 4.69) is 4.74 Å². The summed E-state index contributed by atoms with van der Waals surface area (Å²) in [6, 6.07) is 8.82. The summed E-state index contributed by atoms with van der Waals surface area (Å²) in [7, 11) is 1.35. The summed E-state index contributed by atoms with van der Waals surface area (Å²) in [4.78, 5) is 25.6. The molecule has 0 atom stereocenters. The predicted molar refractivity (Wildman–Crippen MR) is 84.9 cm³/mol. The molecule has 0 unspecified atom stereocenters. The zero-order valence-electron chi connectivity index (χ0n) is 12.2. The SMILES string of the molecule is COC(=O)c1ccc(/C=C/C(=O)c2cc(C)sc2C)cc1. The number of hydrogen-bond donors (Lipinski definition) is 0. The van der Waals surface area contributed by atoms with Gasteiger partial charge in [-0.15, -0.1) is 11.3 Å². The molecular weight excluding hydrogens is 284 g/mol. The Morgan fingerprint density at radius 1 is 1.14 bits per heavy atom. The fourth-order valence-corrected chi connectivity index (χ4v) is 2.91. The maximum absolute atomic E-state index is 12.1. The van der Waals surface area contributed by atoms with Crippen molar-refractivity contribution in [3.63, 3.8) is 0 Å². The lowest BCUT2D eigenvalue weighted by Crippen LogP contribution is -2.00. The topological polar surface area (TPSA) is 43.4 Å². The van der Waals surface area contributed by atoms with Crippen molar-refractivity contribution in [1.29, 1.82) is 0 Å². The van der Waals surface area contributed by atoms with E-state index in [1.807, 2.05) is 19.9 Å². The lowest BCUT2D eigenvalue weighted by molar-refractivity contribution is 0.0600. The van der Waals surface area contributed by atoms with E-state index in [0.717, 1.165) is 20.9 Å². The van der Waals surface area contributed by atoms with Crippen LogP contribution in [0, 0.1) is 13.8 Å². The Kier molecular flexibility index (Phi) is 4.70. The minimum atomic E-state index is -0.369. The first-order valence-electron chi connectivity index (χ1n) is 6.49. The fourth-order valence-electron chi connectivity index (χ4n) is 1.99. The molecule has 0 aliphatic rings. The molecule has 21 heavy (non-hydrogen) atoms. The number of carbonyl (C=O) groups excluding carboxylic acids is 2. The van der Waals surface area contributed by atoms with E-state index in [9.17, 15) is 9.59 Å². The molecular formula is C17H16O3S. The Morgan fingerprint density at radius 2 is 1.81 bits per heavy atom. The molecule has 0 radical (unpaired) electrons.